The van der Waals surface area contributed by atoms with Crippen molar-refractivity contribution in [2.24, 2.45) is 5.16 Å². The molecule has 0 bridgehead atoms. The van der Waals surface area contributed by atoms with Gasteiger partial charge in [0.1, 0.15) is 17.2 Å². The molecule has 1 aromatic heterocycles. The molecule has 1 heterocycles. The Morgan fingerprint density at radius 1 is 1.36 bits per heavy atom. The number of rotatable bonds is 6. The molecule has 0 spiro atoms. The van der Waals surface area contributed by atoms with Crippen LogP contribution < -0.4 is 16.4 Å². The van der Waals surface area contributed by atoms with Crippen LogP contribution in [0.2, 0.25) is 0 Å². The number of nitro groups is 1. The van der Waals surface area contributed by atoms with E-state index in [1.54, 1.807) is 30.3 Å². The maximum Gasteiger partial charge on any atom is 0.410 e. The summed E-state index contributed by atoms with van der Waals surface area (Å²) in [5.41, 5.74) is 5.78. The summed E-state index contributed by atoms with van der Waals surface area (Å²) in [5.74, 6) is -0.638. The highest BCUT2D eigenvalue weighted by molar-refractivity contribution is 6.03. The zero-order valence-electron chi connectivity index (χ0n) is 12.7. The van der Waals surface area contributed by atoms with Crippen molar-refractivity contribution in [1.82, 2.24) is 4.98 Å². The summed E-state index contributed by atoms with van der Waals surface area (Å²) in [6.45, 7) is -0.0721. The second-order valence-electron chi connectivity index (χ2n) is 4.74. The molecule has 0 aliphatic rings. The van der Waals surface area contributed by atoms with Gasteiger partial charge in [0.05, 0.1) is 11.5 Å². The average Bonchev–Trinajstić information content (AvgIpc) is 2.55. The van der Waals surface area contributed by atoms with Gasteiger partial charge in [-0.15, -0.1) is 0 Å². The molecule has 130 valence electrons. The number of anilines is 3. The van der Waals surface area contributed by atoms with Gasteiger partial charge in [0, 0.05) is 11.6 Å². The minimum Gasteiger partial charge on any atom is -0.465 e. The van der Waals surface area contributed by atoms with Gasteiger partial charge in [-0.2, -0.15) is 0 Å². The molecule has 0 saturated heterocycles. The van der Waals surface area contributed by atoms with Gasteiger partial charge in [-0.3, -0.25) is 15.4 Å². The molecule has 0 radical (unpaired) electrons. The number of pyridine rings is 1. The van der Waals surface area contributed by atoms with Crippen LogP contribution in [0.1, 0.15) is 5.56 Å². The highest BCUT2D eigenvalue weighted by Crippen LogP contribution is 2.31. The maximum atomic E-state index is 11.2. The first-order valence-corrected chi connectivity index (χ1v) is 6.87. The number of carbonyl (C=O) groups is 1. The van der Waals surface area contributed by atoms with Crippen molar-refractivity contribution in [1.29, 1.82) is 0 Å². The number of nitrogens with one attached hydrogen (secondary N) is 2. The Morgan fingerprint density at radius 2 is 2.04 bits per heavy atom. The fourth-order valence-corrected chi connectivity index (χ4v) is 2.06. The molecule has 1 aromatic carbocycles. The average molecular weight is 346 g/mol. The van der Waals surface area contributed by atoms with Crippen LogP contribution in [0.15, 0.2) is 41.6 Å². The van der Waals surface area contributed by atoms with Crippen molar-refractivity contribution in [3.05, 3.63) is 52.1 Å². The van der Waals surface area contributed by atoms with Crippen LogP contribution in [0.5, 0.6) is 0 Å². The van der Waals surface area contributed by atoms with Crippen LogP contribution in [0.3, 0.4) is 0 Å². The Bertz CT molecular complexity index is 824. The van der Waals surface area contributed by atoms with Gasteiger partial charge in [0.15, 0.2) is 0 Å². The van der Waals surface area contributed by atoms with E-state index in [0.717, 1.165) is 6.07 Å². The Kier molecular flexibility index (Phi) is 5.30. The number of nitrogens with two attached hydrogens (primary N) is 1. The molecule has 0 atom stereocenters. The first kappa shape index (κ1) is 17.5. The molecule has 25 heavy (non-hydrogen) atoms. The molecule has 11 nitrogen and oxygen atoms in total. The van der Waals surface area contributed by atoms with Crippen LogP contribution in [-0.2, 0) is 0 Å². The lowest BCUT2D eigenvalue weighted by Crippen LogP contribution is -2.17. The van der Waals surface area contributed by atoms with E-state index in [0.29, 0.717) is 5.56 Å². The third-order valence-corrected chi connectivity index (χ3v) is 3.11. The lowest BCUT2D eigenvalue weighted by molar-refractivity contribution is -0.383. The van der Waals surface area contributed by atoms with Gasteiger partial charge in [-0.1, -0.05) is 35.5 Å². The van der Waals surface area contributed by atoms with Gasteiger partial charge in [0.2, 0.25) is 5.82 Å². The van der Waals surface area contributed by atoms with Crippen LogP contribution in [0.25, 0.3) is 0 Å². The zero-order valence-corrected chi connectivity index (χ0v) is 12.7. The Labute approximate surface area is 140 Å². The topological polar surface area (TPSA) is 176 Å². The second kappa shape index (κ2) is 7.59. The number of oxime groups is 1. The van der Waals surface area contributed by atoms with Gasteiger partial charge < -0.3 is 21.4 Å². The van der Waals surface area contributed by atoms with E-state index in [-0.39, 0.29) is 23.8 Å². The molecule has 11 heteroatoms. The first-order valence-electron chi connectivity index (χ1n) is 6.87. The van der Waals surface area contributed by atoms with Crippen molar-refractivity contribution in [2.45, 2.75) is 0 Å². The lowest BCUT2D eigenvalue weighted by Gasteiger charge is -2.11. The van der Waals surface area contributed by atoms with Crippen molar-refractivity contribution < 1.29 is 20.0 Å². The van der Waals surface area contributed by atoms with E-state index in [2.05, 4.69) is 15.5 Å². The summed E-state index contributed by atoms with van der Waals surface area (Å²) in [6.07, 6.45) is -1.39. The van der Waals surface area contributed by atoms with Crippen LogP contribution in [0.4, 0.5) is 27.8 Å². The summed E-state index contributed by atoms with van der Waals surface area (Å²) >= 11 is 0. The van der Waals surface area contributed by atoms with E-state index in [1.165, 1.54) is 0 Å². The number of nitrogen functional groups attached to an aromatic ring is 1. The highest BCUT2D eigenvalue weighted by atomic mass is 16.6. The van der Waals surface area contributed by atoms with E-state index in [9.17, 15) is 14.9 Å². The summed E-state index contributed by atoms with van der Waals surface area (Å²) in [7, 11) is 0. The smallest absolute Gasteiger partial charge is 0.410 e. The number of hydrogen-bond acceptors (Lipinski definition) is 8. The summed E-state index contributed by atoms with van der Waals surface area (Å²) in [5, 5.41) is 36.9. The van der Waals surface area contributed by atoms with Crippen molar-refractivity contribution in [3.63, 3.8) is 0 Å². The number of amides is 1. The third-order valence-electron chi connectivity index (χ3n) is 3.11. The molecular weight excluding hydrogens is 332 g/mol. The molecule has 2 aromatic rings. The third kappa shape index (κ3) is 4.31. The fraction of sp³-hybridized carbons (Fsp3) is 0.0714. The van der Waals surface area contributed by atoms with Gasteiger partial charge in [-0.25, -0.2) is 9.78 Å². The van der Waals surface area contributed by atoms with Crippen molar-refractivity contribution in [3.8, 4) is 0 Å². The van der Waals surface area contributed by atoms with E-state index < -0.39 is 22.5 Å². The SMILES string of the molecule is Nc1nc(NC(=O)O)cc(NCC(=NO)c2ccccc2)c1[N+](=O)[O-]. The van der Waals surface area contributed by atoms with Crippen LogP contribution >= 0.6 is 0 Å². The Morgan fingerprint density at radius 3 is 2.60 bits per heavy atom. The monoisotopic (exact) mass is 346 g/mol. The lowest BCUT2D eigenvalue weighted by atomic mass is 10.1. The standard InChI is InChI=1S/C14H14N6O5/c15-13-12(20(24)25)9(6-11(17-13)18-14(21)22)16-7-10(19-23)8-4-2-1-3-5-8/h1-6,23H,7H2,(H,21,22)(H4,15,16,17,18). The normalized spacial score (nSPS) is 11.0. The number of nitrogens with zero attached hydrogens (tertiary/aromatic N) is 3. The molecule has 2 rings (SSSR count). The maximum absolute atomic E-state index is 11.2. The molecule has 0 unspecified atom stereocenters. The predicted molar refractivity (Wildman–Crippen MR) is 90.2 cm³/mol. The molecule has 0 saturated carbocycles. The van der Waals surface area contributed by atoms with Crippen molar-refractivity contribution >= 4 is 34.8 Å². The second-order valence-corrected chi connectivity index (χ2v) is 4.74. The quantitative estimate of drug-likeness (QED) is 0.228. The molecule has 0 aliphatic heterocycles. The first-order chi connectivity index (χ1) is 11.9. The minimum absolute atomic E-state index is 0.0710. The largest absolute Gasteiger partial charge is 0.465 e. The summed E-state index contributed by atoms with van der Waals surface area (Å²) < 4.78 is 0. The van der Waals surface area contributed by atoms with E-state index >= 15 is 0 Å². The van der Waals surface area contributed by atoms with Crippen LogP contribution in [-0.4, -0.2) is 38.6 Å². The predicted octanol–water partition coefficient (Wildman–Crippen LogP) is 1.95. The number of benzene rings is 1. The van der Waals surface area contributed by atoms with Crippen molar-refractivity contribution in [2.75, 3.05) is 22.9 Å². The Balaban J connectivity index is 2.32. The summed E-state index contributed by atoms with van der Waals surface area (Å²) in [4.78, 5) is 24.8. The highest BCUT2D eigenvalue weighted by Gasteiger charge is 2.22. The van der Waals surface area contributed by atoms with E-state index in [4.69, 9.17) is 16.0 Å². The van der Waals surface area contributed by atoms with Gasteiger partial charge >= 0.3 is 11.8 Å². The van der Waals surface area contributed by atoms with E-state index in [1.807, 2.05) is 5.32 Å². The van der Waals surface area contributed by atoms with Crippen LogP contribution in [0, 0.1) is 10.1 Å². The number of hydrogen-bond donors (Lipinski definition) is 5. The molecular formula is C14H14N6O5. The number of aromatic nitrogens is 1. The number of carboxylic acid groups (broad SMARTS) is 1. The van der Waals surface area contributed by atoms with Gasteiger partial charge in [0.25, 0.3) is 0 Å². The molecule has 6 N–H and O–H groups in total. The van der Waals surface area contributed by atoms with Gasteiger partial charge in [-0.05, 0) is 0 Å². The fourth-order valence-electron chi connectivity index (χ4n) is 2.06. The zero-order chi connectivity index (χ0) is 18.4. The molecule has 0 aliphatic carbocycles. The minimum atomic E-state index is -1.39. The Hall–Kier alpha value is -3.89. The molecule has 0 fully saturated rings. The summed E-state index contributed by atoms with van der Waals surface area (Å²) in [6, 6.07) is 9.78. The molecule has 1 amide bonds.